The van der Waals surface area contributed by atoms with E-state index >= 15 is 0 Å². The van der Waals surface area contributed by atoms with E-state index in [1.807, 2.05) is 0 Å². The van der Waals surface area contributed by atoms with E-state index in [0.29, 0.717) is 15.8 Å². The maximum absolute atomic E-state index is 11.8. The molecule has 0 bridgehead atoms. The minimum absolute atomic E-state index is 0.0873. The average molecular weight is 325 g/mol. The number of alkyl halides is 2. The molecule has 1 atom stereocenters. The first-order valence-corrected chi connectivity index (χ1v) is 6.21. The van der Waals surface area contributed by atoms with Crippen molar-refractivity contribution in [3.8, 4) is 5.75 Å². The van der Waals surface area contributed by atoms with Gasteiger partial charge in [0, 0.05) is 17.5 Å². The molecule has 0 aliphatic heterocycles. The van der Waals surface area contributed by atoms with Crippen LogP contribution in [0, 0.1) is 0 Å². The topological polar surface area (TPSA) is 38.7 Å². The second-order valence-electron chi connectivity index (χ2n) is 3.66. The highest BCUT2D eigenvalue weighted by molar-refractivity contribution is 9.10. The number of hydrogen-bond acceptors (Lipinski definition) is 3. The predicted octanol–water partition coefficient (Wildman–Crippen LogP) is 3.16. The summed E-state index contributed by atoms with van der Waals surface area (Å²) < 4.78 is 34.1. The molecule has 1 rings (SSSR count). The lowest BCUT2D eigenvalue weighted by atomic mass is 10.1. The van der Waals surface area contributed by atoms with Gasteiger partial charge >= 0.3 is 0 Å². The molecule has 18 heavy (non-hydrogen) atoms. The Hall–Kier alpha value is -0.720. The summed E-state index contributed by atoms with van der Waals surface area (Å²) in [5.41, 5.74) is 0.677. The Morgan fingerprint density at radius 2 is 2.11 bits per heavy atom. The lowest BCUT2D eigenvalue weighted by Gasteiger charge is -2.14. The SMILES string of the molecule is COc1ccc(C(O)CCOCC(F)F)c(Br)c1. The molecule has 0 amide bonds. The van der Waals surface area contributed by atoms with Crippen molar-refractivity contribution in [1.82, 2.24) is 0 Å². The van der Waals surface area contributed by atoms with Crippen LogP contribution in [0.15, 0.2) is 22.7 Å². The van der Waals surface area contributed by atoms with Crippen molar-refractivity contribution in [1.29, 1.82) is 0 Å². The third-order valence-electron chi connectivity index (χ3n) is 2.35. The van der Waals surface area contributed by atoms with Gasteiger partial charge in [-0.1, -0.05) is 22.0 Å². The van der Waals surface area contributed by atoms with Crippen molar-refractivity contribution in [2.75, 3.05) is 20.3 Å². The van der Waals surface area contributed by atoms with E-state index in [0.717, 1.165) is 0 Å². The van der Waals surface area contributed by atoms with Gasteiger partial charge in [0.25, 0.3) is 6.43 Å². The van der Waals surface area contributed by atoms with Crippen LogP contribution in [-0.4, -0.2) is 31.9 Å². The predicted molar refractivity (Wildman–Crippen MR) is 67.1 cm³/mol. The smallest absolute Gasteiger partial charge is 0.261 e. The van der Waals surface area contributed by atoms with E-state index in [2.05, 4.69) is 15.9 Å². The summed E-state index contributed by atoms with van der Waals surface area (Å²) in [7, 11) is 1.55. The Bertz CT molecular complexity index is 374. The van der Waals surface area contributed by atoms with Crippen LogP contribution in [0.5, 0.6) is 5.75 Å². The van der Waals surface area contributed by atoms with Crippen LogP contribution in [0.4, 0.5) is 8.78 Å². The second kappa shape index (κ2) is 7.66. The monoisotopic (exact) mass is 324 g/mol. The minimum atomic E-state index is -2.48. The first-order chi connectivity index (χ1) is 8.54. The van der Waals surface area contributed by atoms with Crippen LogP contribution in [0.2, 0.25) is 0 Å². The van der Waals surface area contributed by atoms with Crippen molar-refractivity contribution >= 4 is 15.9 Å². The van der Waals surface area contributed by atoms with Crippen molar-refractivity contribution in [2.45, 2.75) is 19.0 Å². The van der Waals surface area contributed by atoms with Crippen molar-refractivity contribution in [2.24, 2.45) is 0 Å². The Labute approximate surface area is 113 Å². The molecule has 0 aliphatic carbocycles. The number of ether oxygens (including phenoxy) is 2. The van der Waals surface area contributed by atoms with Crippen LogP contribution in [0.25, 0.3) is 0 Å². The zero-order valence-corrected chi connectivity index (χ0v) is 11.5. The molecule has 0 saturated carbocycles. The Morgan fingerprint density at radius 3 is 2.67 bits per heavy atom. The molecule has 0 heterocycles. The van der Waals surface area contributed by atoms with Gasteiger partial charge in [0.2, 0.25) is 0 Å². The molecule has 6 heteroatoms. The third kappa shape index (κ3) is 4.88. The van der Waals surface area contributed by atoms with E-state index in [-0.39, 0.29) is 13.0 Å². The van der Waals surface area contributed by atoms with Gasteiger partial charge in [0.05, 0.1) is 13.2 Å². The molecule has 1 aromatic rings. The highest BCUT2D eigenvalue weighted by Gasteiger charge is 2.12. The van der Waals surface area contributed by atoms with Gasteiger partial charge in [-0.05, 0) is 17.7 Å². The molecule has 0 aliphatic rings. The molecule has 1 N–H and O–H groups in total. The molecule has 0 spiro atoms. The number of halogens is 3. The van der Waals surface area contributed by atoms with E-state index in [4.69, 9.17) is 9.47 Å². The fourth-order valence-electron chi connectivity index (χ4n) is 1.43. The van der Waals surface area contributed by atoms with E-state index in [1.165, 1.54) is 0 Å². The lowest BCUT2D eigenvalue weighted by molar-refractivity contribution is 0.00474. The van der Waals surface area contributed by atoms with Crippen LogP contribution < -0.4 is 4.74 Å². The summed E-state index contributed by atoms with van der Waals surface area (Å²) in [6.07, 6.45) is -2.98. The Kier molecular flexibility index (Phi) is 6.52. The zero-order chi connectivity index (χ0) is 13.5. The first kappa shape index (κ1) is 15.3. The van der Waals surface area contributed by atoms with E-state index < -0.39 is 19.1 Å². The quantitative estimate of drug-likeness (QED) is 0.783. The molecule has 0 aromatic heterocycles. The summed E-state index contributed by atoms with van der Waals surface area (Å²) in [6.45, 7) is -0.513. The van der Waals surface area contributed by atoms with E-state index in [1.54, 1.807) is 25.3 Å². The number of benzene rings is 1. The fourth-order valence-corrected chi connectivity index (χ4v) is 2.05. The molecule has 1 unspecified atom stereocenters. The highest BCUT2D eigenvalue weighted by atomic mass is 79.9. The highest BCUT2D eigenvalue weighted by Crippen LogP contribution is 2.29. The lowest BCUT2D eigenvalue weighted by Crippen LogP contribution is -2.09. The number of aliphatic hydroxyl groups excluding tert-OH is 1. The number of methoxy groups -OCH3 is 1. The van der Waals surface area contributed by atoms with Crippen LogP contribution in [0.3, 0.4) is 0 Å². The van der Waals surface area contributed by atoms with Crippen molar-refractivity contribution in [3.63, 3.8) is 0 Å². The molecule has 0 fully saturated rings. The summed E-state index contributed by atoms with van der Waals surface area (Å²) in [5, 5.41) is 9.89. The standard InChI is InChI=1S/C12H15BrF2O3/c1-17-8-2-3-9(10(13)6-8)11(16)4-5-18-7-12(14)15/h2-3,6,11-12,16H,4-5,7H2,1H3. The summed E-state index contributed by atoms with van der Waals surface area (Å²) in [4.78, 5) is 0. The number of hydrogen-bond donors (Lipinski definition) is 1. The van der Waals surface area contributed by atoms with Crippen LogP contribution >= 0.6 is 15.9 Å². The third-order valence-corrected chi connectivity index (χ3v) is 3.03. The summed E-state index contributed by atoms with van der Waals surface area (Å²) in [6, 6.07) is 5.18. The maximum atomic E-state index is 11.8. The second-order valence-corrected chi connectivity index (χ2v) is 4.51. The number of rotatable bonds is 7. The molecular weight excluding hydrogens is 310 g/mol. The van der Waals surface area contributed by atoms with E-state index in [9.17, 15) is 13.9 Å². The van der Waals surface area contributed by atoms with Gasteiger partial charge in [0.1, 0.15) is 12.4 Å². The molecule has 1 aromatic carbocycles. The van der Waals surface area contributed by atoms with Gasteiger partial charge in [-0.2, -0.15) is 0 Å². The van der Waals surface area contributed by atoms with Crippen LogP contribution in [-0.2, 0) is 4.74 Å². The molecular formula is C12H15BrF2O3. The molecule has 0 radical (unpaired) electrons. The fraction of sp³-hybridized carbons (Fsp3) is 0.500. The average Bonchev–Trinajstić information content (AvgIpc) is 2.33. The Morgan fingerprint density at radius 1 is 1.39 bits per heavy atom. The van der Waals surface area contributed by atoms with Gasteiger partial charge < -0.3 is 14.6 Å². The minimum Gasteiger partial charge on any atom is -0.497 e. The summed E-state index contributed by atoms with van der Waals surface area (Å²) >= 11 is 3.32. The normalized spacial score (nSPS) is 12.8. The number of aliphatic hydroxyl groups is 1. The first-order valence-electron chi connectivity index (χ1n) is 5.42. The zero-order valence-electron chi connectivity index (χ0n) is 9.91. The van der Waals surface area contributed by atoms with Gasteiger partial charge in [-0.25, -0.2) is 8.78 Å². The molecule has 102 valence electrons. The van der Waals surface area contributed by atoms with Gasteiger partial charge in [-0.3, -0.25) is 0 Å². The van der Waals surface area contributed by atoms with Crippen molar-refractivity contribution in [3.05, 3.63) is 28.2 Å². The molecule has 3 nitrogen and oxygen atoms in total. The van der Waals surface area contributed by atoms with Gasteiger partial charge in [-0.15, -0.1) is 0 Å². The Balaban J connectivity index is 2.48. The molecule has 0 saturated heterocycles. The van der Waals surface area contributed by atoms with Crippen LogP contribution in [0.1, 0.15) is 18.1 Å². The largest absolute Gasteiger partial charge is 0.497 e. The van der Waals surface area contributed by atoms with Crippen molar-refractivity contribution < 1.29 is 23.4 Å². The van der Waals surface area contributed by atoms with Gasteiger partial charge in [0.15, 0.2) is 0 Å². The summed E-state index contributed by atoms with van der Waals surface area (Å²) in [5.74, 6) is 0.673. The maximum Gasteiger partial charge on any atom is 0.261 e.